The van der Waals surface area contributed by atoms with Crippen molar-refractivity contribution in [2.45, 2.75) is 13.0 Å². The second-order valence-electron chi connectivity index (χ2n) is 7.62. The molecule has 0 atom stereocenters. The zero-order chi connectivity index (χ0) is 24.6. The molecular formula is C26H22Cl2N4O3. The van der Waals surface area contributed by atoms with Crippen molar-refractivity contribution in [2.75, 3.05) is 6.54 Å². The molecule has 178 valence electrons. The monoisotopic (exact) mass is 508 g/mol. The number of rotatable bonds is 9. The summed E-state index contributed by atoms with van der Waals surface area (Å²) in [6.07, 6.45) is 7.47. The first-order chi connectivity index (χ1) is 17.0. The summed E-state index contributed by atoms with van der Waals surface area (Å²) in [4.78, 5) is 29.7. The van der Waals surface area contributed by atoms with Crippen molar-refractivity contribution in [3.63, 3.8) is 0 Å². The molecule has 0 saturated carbocycles. The molecule has 0 radical (unpaired) electrons. The second-order valence-corrected chi connectivity index (χ2v) is 8.43. The van der Waals surface area contributed by atoms with Gasteiger partial charge in [-0.15, -0.1) is 0 Å². The summed E-state index contributed by atoms with van der Waals surface area (Å²) < 4.78 is 7.81. The molecule has 2 aromatic heterocycles. The summed E-state index contributed by atoms with van der Waals surface area (Å²) in [6.45, 7) is 1.13. The van der Waals surface area contributed by atoms with E-state index >= 15 is 0 Å². The highest BCUT2D eigenvalue weighted by atomic mass is 35.5. The lowest BCUT2D eigenvalue weighted by Gasteiger charge is -2.11. The summed E-state index contributed by atoms with van der Waals surface area (Å²) in [5.74, 6) is 0.112. The van der Waals surface area contributed by atoms with Crippen molar-refractivity contribution in [1.82, 2.24) is 20.2 Å². The Morgan fingerprint density at radius 3 is 2.60 bits per heavy atom. The molecule has 0 bridgehead atoms. The van der Waals surface area contributed by atoms with Crippen LogP contribution in [-0.4, -0.2) is 27.9 Å². The molecule has 2 heterocycles. The van der Waals surface area contributed by atoms with Gasteiger partial charge in [0.25, 0.3) is 11.8 Å². The van der Waals surface area contributed by atoms with Crippen LogP contribution in [0.3, 0.4) is 0 Å². The van der Waals surface area contributed by atoms with Crippen LogP contribution < -0.4 is 10.6 Å². The van der Waals surface area contributed by atoms with E-state index in [1.54, 1.807) is 67.1 Å². The second kappa shape index (κ2) is 11.6. The van der Waals surface area contributed by atoms with Crippen molar-refractivity contribution in [2.24, 2.45) is 0 Å². The Kier molecular flexibility index (Phi) is 8.03. The van der Waals surface area contributed by atoms with Crippen LogP contribution in [0.2, 0.25) is 10.0 Å². The summed E-state index contributed by atoms with van der Waals surface area (Å²) in [5.41, 5.74) is 1.23. The molecule has 7 nitrogen and oxygen atoms in total. The van der Waals surface area contributed by atoms with Gasteiger partial charge in [0.15, 0.2) is 0 Å². The lowest BCUT2D eigenvalue weighted by molar-refractivity contribution is -0.117. The Balaban J connectivity index is 1.51. The minimum Gasteiger partial charge on any atom is -0.457 e. The lowest BCUT2D eigenvalue weighted by Crippen LogP contribution is -2.35. The fourth-order valence-electron chi connectivity index (χ4n) is 3.30. The number of carbonyl (C=O) groups excluding carboxylic acids is 2. The van der Waals surface area contributed by atoms with Crippen LogP contribution in [0.4, 0.5) is 0 Å². The van der Waals surface area contributed by atoms with Gasteiger partial charge in [0.05, 0.1) is 16.4 Å². The molecule has 2 aromatic carbocycles. The molecule has 0 fully saturated rings. The standard InChI is InChI=1S/C26H22Cl2N4O3/c27-21-9-7-19(15-22(21)28)24-10-8-20(35-24)16-23(31-25(33)18-5-2-1-3-6-18)26(34)30-11-4-13-32-14-12-29-17-32/h1-3,5-10,12,14-17H,4,11,13H2,(H,30,34)(H,31,33)/b23-16-. The average molecular weight is 509 g/mol. The van der Waals surface area contributed by atoms with Gasteiger partial charge in [-0.25, -0.2) is 4.98 Å². The van der Waals surface area contributed by atoms with Gasteiger partial charge in [-0.05, 0) is 48.9 Å². The highest BCUT2D eigenvalue weighted by molar-refractivity contribution is 6.42. The zero-order valence-electron chi connectivity index (χ0n) is 18.6. The number of amides is 2. The van der Waals surface area contributed by atoms with Crippen LogP contribution in [0.25, 0.3) is 17.4 Å². The van der Waals surface area contributed by atoms with E-state index in [-0.39, 0.29) is 5.70 Å². The van der Waals surface area contributed by atoms with Crippen LogP contribution in [0, 0.1) is 0 Å². The van der Waals surface area contributed by atoms with E-state index in [0.29, 0.717) is 46.6 Å². The summed E-state index contributed by atoms with van der Waals surface area (Å²) in [6, 6.07) is 17.3. The third kappa shape index (κ3) is 6.62. The van der Waals surface area contributed by atoms with Gasteiger partial charge in [-0.3, -0.25) is 9.59 Å². The maximum atomic E-state index is 12.9. The zero-order valence-corrected chi connectivity index (χ0v) is 20.1. The van der Waals surface area contributed by atoms with Crippen LogP contribution in [0.15, 0.2) is 89.5 Å². The number of hydrogen-bond acceptors (Lipinski definition) is 4. The molecule has 2 N–H and O–H groups in total. The molecule has 0 aliphatic rings. The normalized spacial score (nSPS) is 11.3. The molecule has 2 amide bonds. The summed E-state index contributed by atoms with van der Waals surface area (Å²) in [7, 11) is 0. The SMILES string of the molecule is O=C(NCCCn1ccnc1)/C(=C/c1ccc(-c2ccc(Cl)c(Cl)c2)o1)NC(=O)c1ccccc1. The first kappa shape index (κ1) is 24.3. The number of imidazole rings is 1. The molecule has 35 heavy (non-hydrogen) atoms. The van der Waals surface area contributed by atoms with E-state index in [0.717, 1.165) is 5.56 Å². The smallest absolute Gasteiger partial charge is 0.267 e. The van der Waals surface area contributed by atoms with Crippen molar-refractivity contribution in [3.8, 4) is 11.3 Å². The Morgan fingerprint density at radius 2 is 1.86 bits per heavy atom. The maximum Gasteiger partial charge on any atom is 0.267 e. The molecule has 4 rings (SSSR count). The fraction of sp³-hybridized carbons (Fsp3) is 0.115. The molecule has 0 spiro atoms. The molecule has 0 aliphatic heterocycles. The summed E-state index contributed by atoms with van der Waals surface area (Å²) >= 11 is 12.1. The fourth-order valence-corrected chi connectivity index (χ4v) is 3.60. The molecule has 0 aliphatic carbocycles. The van der Waals surface area contributed by atoms with E-state index in [9.17, 15) is 9.59 Å². The van der Waals surface area contributed by atoms with Crippen molar-refractivity contribution in [1.29, 1.82) is 0 Å². The number of aromatic nitrogens is 2. The average Bonchev–Trinajstić information content (AvgIpc) is 3.56. The molecular weight excluding hydrogens is 487 g/mol. The largest absolute Gasteiger partial charge is 0.457 e. The van der Waals surface area contributed by atoms with E-state index in [1.165, 1.54) is 6.08 Å². The minimum atomic E-state index is -0.424. The van der Waals surface area contributed by atoms with Crippen LogP contribution in [0.5, 0.6) is 0 Å². The van der Waals surface area contributed by atoms with E-state index in [2.05, 4.69) is 15.6 Å². The van der Waals surface area contributed by atoms with Gasteiger partial charge in [0.2, 0.25) is 0 Å². The summed E-state index contributed by atoms with van der Waals surface area (Å²) in [5, 5.41) is 6.39. The highest BCUT2D eigenvalue weighted by Gasteiger charge is 2.16. The van der Waals surface area contributed by atoms with E-state index in [1.807, 2.05) is 16.8 Å². The van der Waals surface area contributed by atoms with E-state index in [4.69, 9.17) is 27.6 Å². The lowest BCUT2D eigenvalue weighted by atomic mass is 10.2. The van der Waals surface area contributed by atoms with Crippen LogP contribution >= 0.6 is 23.2 Å². The topological polar surface area (TPSA) is 89.2 Å². The van der Waals surface area contributed by atoms with Gasteiger partial charge in [-0.1, -0.05) is 41.4 Å². The molecule has 4 aromatic rings. The van der Waals surface area contributed by atoms with Gasteiger partial charge < -0.3 is 19.6 Å². The third-order valence-electron chi connectivity index (χ3n) is 5.08. The number of benzene rings is 2. The number of nitrogens with zero attached hydrogens (tertiary/aromatic N) is 2. The molecule has 0 unspecified atom stereocenters. The Morgan fingerprint density at radius 1 is 1.03 bits per heavy atom. The Bertz CT molecular complexity index is 1330. The number of halogens is 2. The number of carbonyl (C=O) groups is 2. The number of hydrogen-bond donors (Lipinski definition) is 2. The highest BCUT2D eigenvalue weighted by Crippen LogP contribution is 2.30. The van der Waals surface area contributed by atoms with Crippen molar-refractivity contribution < 1.29 is 14.0 Å². The predicted octanol–water partition coefficient (Wildman–Crippen LogP) is 5.43. The van der Waals surface area contributed by atoms with Crippen LogP contribution in [0.1, 0.15) is 22.5 Å². The maximum absolute atomic E-state index is 12.9. The van der Waals surface area contributed by atoms with Crippen molar-refractivity contribution in [3.05, 3.63) is 106 Å². The number of nitrogens with one attached hydrogen (secondary N) is 2. The predicted molar refractivity (Wildman–Crippen MR) is 136 cm³/mol. The number of furan rings is 1. The van der Waals surface area contributed by atoms with Gasteiger partial charge in [-0.2, -0.15) is 0 Å². The quantitative estimate of drug-likeness (QED) is 0.233. The van der Waals surface area contributed by atoms with E-state index < -0.39 is 11.8 Å². The Labute approximate surface area is 212 Å². The minimum absolute atomic E-state index is 0.0662. The molecule has 0 saturated heterocycles. The van der Waals surface area contributed by atoms with Crippen LogP contribution in [-0.2, 0) is 11.3 Å². The van der Waals surface area contributed by atoms with Gasteiger partial charge >= 0.3 is 0 Å². The van der Waals surface area contributed by atoms with Gasteiger partial charge in [0.1, 0.15) is 17.2 Å². The Hall–Kier alpha value is -3.81. The van der Waals surface area contributed by atoms with Crippen molar-refractivity contribution >= 4 is 41.1 Å². The first-order valence-corrected chi connectivity index (χ1v) is 11.6. The molecule has 9 heteroatoms. The van der Waals surface area contributed by atoms with Gasteiger partial charge in [0, 0.05) is 42.7 Å². The number of aryl methyl sites for hydroxylation is 1. The first-order valence-electron chi connectivity index (χ1n) is 10.9. The third-order valence-corrected chi connectivity index (χ3v) is 5.82.